The average molecular weight is 291 g/mol. The lowest BCUT2D eigenvalue weighted by molar-refractivity contribution is 0.0784. The van der Waals surface area contributed by atoms with Gasteiger partial charge >= 0.3 is 0 Å². The van der Waals surface area contributed by atoms with Crippen molar-refractivity contribution >= 4 is 5.91 Å². The number of rotatable bonds is 7. The van der Waals surface area contributed by atoms with Crippen molar-refractivity contribution < 1.29 is 14.6 Å². The molecule has 4 nitrogen and oxygen atoms in total. The second kappa shape index (κ2) is 8.03. The van der Waals surface area contributed by atoms with Crippen LogP contribution in [0.25, 0.3) is 0 Å². The number of hydrogen-bond acceptors (Lipinski definition) is 3. The molecule has 0 aromatic heterocycles. The number of aliphatic hydroxyl groups excluding tert-OH is 1. The van der Waals surface area contributed by atoms with Crippen molar-refractivity contribution in [1.82, 2.24) is 4.90 Å². The first-order valence-corrected chi connectivity index (χ1v) is 7.87. The average Bonchev–Trinajstić information content (AvgIpc) is 2.97. The molecule has 1 unspecified atom stereocenters. The van der Waals surface area contributed by atoms with E-state index in [0.29, 0.717) is 11.5 Å². The number of aliphatic hydroxyl groups is 1. The standard InChI is InChI=1S/C17H25NO3/c1-2-3-12-21-16-6-4-15(5-7-16)17(20)18-10-8-14(13-18)9-11-19/h4-7,14,19H,2-3,8-13H2,1H3. The molecular weight excluding hydrogens is 266 g/mol. The van der Waals surface area contributed by atoms with E-state index in [1.165, 1.54) is 0 Å². The van der Waals surface area contributed by atoms with Gasteiger partial charge in [0, 0.05) is 25.3 Å². The van der Waals surface area contributed by atoms with Crippen LogP contribution in [0.5, 0.6) is 5.75 Å². The number of hydrogen-bond donors (Lipinski definition) is 1. The highest BCUT2D eigenvalue weighted by atomic mass is 16.5. The Morgan fingerprint density at radius 2 is 2.14 bits per heavy atom. The molecule has 0 saturated carbocycles. The van der Waals surface area contributed by atoms with Crippen LogP contribution in [0.15, 0.2) is 24.3 Å². The van der Waals surface area contributed by atoms with Crippen molar-refractivity contribution in [2.45, 2.75) is 32.6 Å². The van der Waals surface area contributed by atoms with Gasteiger partial charge in [-0.15, -0.1) is 0 Å². The Morgan fingerprint density at radius 3 is 2.81 bits per heavy atom. The summed E-state index contributed by atoms with van der Waals surface area (Å²) < 4.78 is 5.60. The zero-order chi connectivity index (χ0) is 15.1. The third-order valence-electron chi connectivity index (χ3n) is 3.98. The number of benzene rings is 1. The predicted molar refractivity (Wildman–Crippen MR) is 82.6 cm³/mol. The maximum absolute atomic E-state index is 12.4. The molecule has 4 heteroatoms. The summed E-state index contributed by atoms with van der Waals surface area (Å²) in [5, 5.41) is 8.97. The molecule has 0 spiro atoms. The summed E-state index contributed by atoms with van der Waals surface area (Å²) in [5.74, 6) is 1.34. The van der Waals surface area contributed by atoms with Gasteiger partial charge in [-0.3, -0.25) is 4.79 Å². The molecule has 0 radical (unpaired) electrons. The molecular formula is C17H25NO3. The Morgan fingerprint density at radius 1 is 1.38 bits per heavy atom. The summed E-state index contributed by atoms with van der Waals surface area (Å²) in [4.78, 5) is 14.3. The largest absolute Gasteiger partial charge is 0.494 e. The topological polar surface area (TPSA) is 49.8 Å². The second-order valence-electron chi connectivity index (χ2n) is 5.64. The molecule has 1 fully saturated rings. The van der Waals surface area contributed by atoms with Crippen LogP contribution in [0, 0.1) is 5.92 Å². The number of nitrogens with zero attached hydrogens (tertiary/aromatic N) is 1. The molecule has 2 rings (SSSR count). The number of unbranched alkanes of at least 4 members (excludes halogenated alkanes) is 1. The van der Waals surface area contributed by atoms with Crippen molar-refractivity contribution in [3.8, 4) is 5.75 Å². The summed E-state index contributed by atoms with van der Waals surface area (Å²) in [7, 11) is 0. The van der Waals surface area contributed by atoms with Crippen LogP contribution in [-0.4, -0.2) is 42.2 Å². The number of amides is 1. The maximum Gasteiger partial charge on any atom is 0.253 e. The van der Waals surface area contributed by atoms with Gasteiger partial charge < -0.3 is 14.7 Å². The molecule has 1 amide bonds. The van der Waals surface area contributed by atoms with Crippen molar-refractivity contribution in [2.24, 2.45) is 5.92 Å². The highest BCUT2D eigenvalue weighted by molar-refractivity contribution is 5.94. The molecule has 1 aliphatic heterocycles. The van der Waals surface area contributed by atoms with Crippen LogP contribution in [0.2, 0.25) is 0 Å². The lowest BCUT2D eigenvalue weighted by Crippen LogP contribution is -2.28. The maximum atomic E-state index is 12.4. The minimum atomic E-state index is 0.0792. The van der Waals surface area contributed by atoms with E-state index in [1.807, 2.05) is 29.2 Å². The van der Waals surface area contributed by atoms with E-state index in [0.717, 1.165) is 51.1 Å². The number of carbonyl (C=O) groups is 1. The van der Waals surface area contributed by atoms with Crippen LogP contribution < -0.4 is 4.74 Å². The Labute approximate surface area is 126 Å². The van der Waals surface area contributed by atoms with E-state index in [4.69, 9.17) is 9.84 Å². The lowest BCUT2D eigenvalue weighted by atomic mass is 10.1. The van der Waals surface area contributed by atoms with E-state index >= 15 is 0 Å². The highest BCUT2D eigenvalue weighted by Crippen LogP contribution is 2.22. The van der Waals surface area contributed by atoms with Gasteiger partial charge in [0.25, 0.3) is 5.91 Å². The summed E-state index contributed by atoms with van der Waals surface area (Å²) in [5.41, 5.74) is 0.711. The van der Waals surface area contributed by atoms with Crippen molar-refractivity contribution in [3.05, 3.63) is 29.8 Å². The van der Waals surface area contributed by atoms with Crippen LogP contribution in [0.4, 0.5) is 0 Å². The van der Waals surface area contributed by atoms with Gasteiger partial charge in [0.2, 0.25) is 0 Å². The summed E-state index contributed by atoms with van der Waals surface area (Å²) in [6.07, 6.45) is 3.93. The first-order valence-electron chi connectivity index (χ1n) is 7.87. The Hall–Kier alpha value is -1.55. The molecule has 1 aromatic rings. The Balaban J connectivity index is 1.88. The highest BCUT2D eigenvalue weighted by Gasteiger charge is 2.26. The van der Waals surface area contributed by atoms with Gasteiger partial charge in [0.05, 0.1) is 6.61 Å². The minimum Gasteiger partial charge on any atom is -0.494 e. The molecule has 21 heavy (non-hydrogen) atoms. The molecule has 116 valence electrons. The molecule has 1 aromatic carbocycles. The quantitative estimate of drug-likeness (QED) is 0.786. The van der Waals surface area contributed by atoms with Gasteiger partial charge in [0.15, 0.2) is 0 Å². The minimum absolute atomic E-state index is 0.0792. The summed E-state index contributed by atoms with van der Waals surface area (Å²) >= 11 is 0. The van der Waals surface area contributed by atoms with E-state index in [-0.39, 0.29) is 12.5 Å². The predicted octanol–water partition coefficient (Wildman–Crippen LogP) is 2.71. The van der Waals surface area contributed by atoms with Crippen LogP contribution in [-0.2, 0) is 0 Å². The van der Waals surface area contributed by atoms with Crippen LogP contribution in [0.1, 0.15) is 43.0 Å². The SMILES string of the molecule is CCCCOc1ccc(C(=O)N2CCC(CCO)C2)cc1. The van der Waals surface area contributed by atoms with E-state index in [9.17, 15) is 4.79 Å². The molecule has 1 N–H and O–H groups in total. The molecule has 1 saturated heterocycles. The van der Waals surface area contributed by atoms with Gasteiger partial charge in [-0.1, -0.05) is 13.3 Å². The monoisotopic (exact) mass is 291 g/mol. The smallest absolute Gasteiger partial charge is 0.253 e. The number of carbonyl (C=O) groups excluding carboxylic acids is 1. The zero-order valence-corrected chi connectivity index (χ0v) is 12.8. The fourth-order valence-corrected chi connectivity index (χ4v) is 2.65. The van der Waals surface area contributed by atoms with Gasteiger partial charge in [-0.2, -0.15) is 0 Å². The van der Waals surface area contributed by atoms with Gasteiger partial charge in [-0.05, 0) is 49.4 Å². The van der Waals surface area contributed by atoms with Gasteiger partial charge in [0.1, 0.15) is 5.75 Å². The number of likely N-dealkylation sites (tertiary alicyclic amines) is 1. The zero-order valence-electron chi connectivity index (χ0n) is 12.8. The molecule has 0 bridgehead atoms. The second-order valence-corrected chi connectivity index (χ2v) is 5.64. The van der Waals surface area contributed by atoms with Crippen LogP contribution >= 0.6 is 0 Å². The van der Waals surface area contributed by atoms with Crippen molar-refractivity contribution in [1.29, 1.82) is 0 Å². The van der Waals surface area contributed by atoms with Crippen LogP contribution in [0.3, 0.4) is 0 Å². The van der Waals surface area contributed by atoms with E-state index in [1.54, 1.807) is 0 Å². The van der Waals surface area contributed by atoms with E-state index < -0.39 is 0 Å². The molecule has 1 aliphatic rings. The fourth-order valence-electron chi connectivity index (χ4n) is 2.65. The Kier molecular flexibility index (Phi) is 6.05. The van der Waals surface area contributed by atoms with Crippen molar-refractivity contribution in [2.75, 3.05) is 26.3 Å². The lowest BCUT2D eigenvalue weighted by Gasteiger charge is -2.16. The summed E-state index contributed by atoms with van der Waals surface area (Å²) in [6, 6.07) is 7.40. The normalized spacial score (nSPS) is 18.0. The summed E-state index contributed by atoms with van der Waals surface area (Å²) in [6.45, 7) is 4.60. The molecule has 1 heterocycles. The van der Waals surface area contributed by atoms with E-state index in [2.05, 4.69) is 6.92 Å². The first-order chi connectivity index (χ1) is 10.2. The molecule has 1 atom stereocenters. The number of ether oxygens (including phenoxy) is 1. The molecule has 0 aliphatic carbocycles. The van der Waals surface area contributed by atoms with Gasteiger partial charge in [-0.25, -0.2) is 0 Å². The Bertz CT molecular complexity index is 444. The fraction of sp³-hybridized carbons (Fsp3) is 0.588. The first kappa shape index (κ1) is 15.8. The third-order valence-corrected chi connectivity index (χ3v) is 3.98. The van der Waals surface area contributed by atoms with Crippen molar-refractivity contribution in [3.63, 3.8) is 0 Å². The third kappa shape index (κ3) is 4.46.